The van der Waals surface area contributed by atoms with Crippen LogP contribution < -0.4 is 0 Å². The molecule has 3 heteroatoms. The van der Waals surface area contributed by atoms with E-state index in [1.54, 1.807) is 0 Å². The minimum Gasteiger partial charge on any atom is -0.463 e. The SMILES string of the molecule is CC(C)N1CCC[C@H](OC=O)C1. The van der Waals surface area contributed by atoms with Gasteiger partial charge >= 0.3 is 0 Å². The fourth-order valence-corrected chi connectivity index (χ4v) is 1.62. The molecule has 0 N–H and O–H groups in total. The van der Waals surface area contributed by atoms with Crippen molar-refractivity contribution in [2.75, 3.05) is 13.1 Å². The second-order valence-corrected chi connectivity index (χ2v) is 3.59. The van der Waals surface area contributed by atoms with Gasteiger partial charge in [0.15, 0.2) is 0 Å². The molecule has 0 aliphatic carbocycles. The van der Waals surface area contributed by atoms with Crippen molar-refractivity contribution in [1.82, 2.24) is 4.90 Å². The molecule has 0 amide bonds. The van der Waals surface area contributed by atoms with E-state index in [-0.39, 0.29) is 6.10 Å². The third-order valence-electron chi connectivity index (χ3n) is 2.39. The maximum Gasteiger partial charge on any atom is 0.293 e. The molecule has 0 spiro atoms. The maximum atomic E-state index is 10.1. The molecule has 0 saturated carbocycles. The normalized spacial score (nSPS) is 25.8. The molecule has 1 heterocycles. The van der Waals surface area contributed by atoms with Crippen molar-refractivity contribution < 1.29 is 9.53 Å². The van der Waals surface area contributed by atoms with Crippen LogP contribution in [0.1, 0.15) is 26.7 Å². The average Bonchev–Trinajstić information content (AvgIpc) is 2.05. The summed E-state index contributed by atoms with van der Waals surface area (Å²) in [6, 6.07) is 0.558. The molecule has 1 atom stereocenters. The zero-order valence-corrected chi connectivity index (χ0v) is 7.82. The number of hydrogen-bond acceptors (Lipinski definition) is 3. The second-order valence-electron chi connectivity index (χ2n) is 3.59. The Hall–Kier alpha value is -0.570. The van der Waals surface area contributed by atoms with Crippen molar-refractivity contribution in [3.8, 4) is 0 Å². The van der Waals surface area contributed by atoms with Crippen molar-refractivity contribution in [3.05, 3.63) is 0 Å². The highest BCUT2D eigenvalue weighted by atomic mass is 16.5. The molecule has 3 nitrogen and oxygen atoms in total. The first-order chi connectivity index (χ1) is 5.74. The number of carbonyl (C=O) groups is 1. The number of likely N-dealkylation sites (tertiary alicyclic amines) is 1. The predicted octanol–water partition coefficient (Wildman–Crippen LogP) is 1.03. The van der Waals surface area contributed by atoms with Crippen LogP contribution in [0, 0.1) is 0 Å². The van der Waals surface area contributed by atoms with E-state index in [1.165, 1.54) is 0 Å². The van der Waals surface area contributed by atoms with E-state index in [1.807, 2.05) is 0 Å². The first kappa shape index (κ1) is 9.52. The molecule has 0 aromatic rings. The van der Waals surface area contributed by atoms with Gasteiger partial charge in [0.2, 0.25) is 0 Å². The van der Waals surface area contributed by atoms with Crippen LogP contribution >= 0.6 is 0 Å². The van der Waals surface area contributed by atoms with Gasteiger partial charge in [-0.1, -0.05) is 0 Å². The molecule has 0 bridgehead atoms. The fraction of sp³-hybridized carbons (Fsp3) is 0.889. The maximum absolute atomic E-state index is 10.1. The number of rotatable bonds is 3. The molecule has 0 unspecified atom stereocenters. The number of hydrogen-bond donors (Lipinski definition) is 0. The average molecular weight is 171 g/mol. The molecule has 1 rings (SSSR count). The topological polar surface area (TPSA) is 29.5 Å². The monoisotopic (exact) mass is 171 g/mol. The van der Waals surface area contributed by atoms with Gasteiger partial charge in [0.05, 0.1) is 0 Å². The zero-order valence-electron chi connectivity index (χ0n) is 7.82. The highest BCUT2D eigenvalue weighted by Gasteiger charge is 2.21. The summed E-state index contributed by atoms with van der Waals surface area (Å²) in [5, 5.41) is 0. The molecule has 1 aliphatic heterocycles. The Morgan fingerprint density at radius 2 is 2.33 bits per heavy atom. The molecule has 0 radical (unpaired) electrons. The Morgan fingerprint density at radius 3 is 2.92 bits per heavy atom. The molecule has 1 aliphatic rings. The van der Waals surface area contributed by atoms with E-state index < -0.39 is 0 Å². The summed E-state index contributed by atoms with van der Waals surface area (Å²) in [5.74, 6) is 0. The van der Waals surface area contributed by atoms with Gasteiger partial charge in [0.1, 0.15) is 6.10 Å². The van der Waals surface area contributed by atoms with E-state index in [4.69, 9.17) is 4.74 Å². The number of ether oxygens (including phenoxy) is 1. The van der Waals surface area contributed by atoms with Crippen LogP contribution in [0.5, 0.6) is 0 Å². The van der Waals surface area contributed by atoms with Crippen LogP contribution in [0.15, 0.2) is 0 Å². The van der Waals surface area contributed by atoms with Crippen molar-refractivity contribution in [2.45, 2.75) is 38.8 Å². The van der Waals surface area contributed by atoms with Crippen LogP contribution in [0.4, 0.5) is 0 Å². The zero-order chi connectivity index (χ0) is 8.97. The predicted molar refractivity (Wildman–Crippen MR) is 46.9 cm³/mol. The molecule has 1 saturated heterocycles. The summed E-state index contributed by atoms with van der Waals surface area (Å²) in [6.45, 7) is 6.94. The summed E-state index contributed by atoms with van der Waals surface area (Å²) in [5.41, 5.74) is 0. The first-order valence-electron chi connectivity index (χ1n) is 4.57. The van der Waals surface area contributed by atoms with Crippen molar-refractivity contribution in [3.63, 3.8) is 0 Å². The van der Waals surface area contributed by atoms with E-state index >= 15 is 0 Å². The summed E-state index contributed by atoms with van der Waals surface area (Å²) >= 11 is 0. The lowest BCUT2D eigenvalue weighted by molar-refractivity contribution is -0.136. The van der Waals surface area contributed by atoms with Crippen LogP contribution in [0.3, 0.4) is 0 Å². The number of carbonyl (C=O) groups excluding carboxylic acids is 1. The van der Waals surface area contributed by atoms with Crippen LogP contribution in [0.2, 0.25) is 0 Å². The highest BCUT2D eigenvalue weighted by molar-refractivity contribution is 5.37. The lowest BCUT2D eigenvalue weighted by atomic mass is 10.1. The van der Waals surface area contributed by atoms with E-state index in [9.17, 15) is 4.79 Å². The lowest BCUT2D eigenvalue weighted by Gasteiger charge is -2.34. The Kier molecular flexibility index (Phi) is 3.53. The van der Waals surface area contributed by atoms with Gasteiger partial charge in [-0.25, -0.2) is 0 Å². The Balaban J connectivity index is 2.34. The summed E-state index contributed by atoms with van der Waals surface area (Å²) in [6.07, 6.45) is 2.28. The van der Waals surface area contributed by atoms with E-state index in [2.05, 4.69) is 18.7 Å². The molecular formula is C9H17NO2. The molecule has 0 aromatic heterocycles. The van der Waals surface area contributed by atoms with Gasteiger partial charge in [-0.05, 0) is 33.2 Å². The number of piperidine rings is 1. The molecule has 1 fully saturated rings. The lowest BCUT2D eigenvalue weighted by Crippen LogP contribution is -2.43. The van der Waals surface area contributed by atoms with Crippen LogP contribution in [-0.2, 0) is 9.53 Å². The first-order valence-corrected chi connectivity index (χ1v) is 4.57. The van der Waals surface area contributed by atoms with Gasteiger partial charge in [0.25, 0.3) is 6.47 Å². The van der Waals surface area contributed by atoms with Gasteiger partial charge in [-0.15, -0.1) is 0 Å². The Labute approximate surface area is 73.7 Å². The highest BCUT2D eigenvalue weighted by Crippen LogP contribution is 2.14. The van der Waals surface area contributed by atoms with Crippen molar-refractivity contribution in [2.24, 2.45) is 0 Å². The van der Waals surface area contributed by atoms with Crippen molar-refractivity contribution >= 4 is 6.47 Å². The fourth-order valence-electron chi connectivity index (χ4n) is 1.62. The Morgan fingerprint density at radius 1 is 1.58 bits per heavy atom. The molecule has 12 heavy (non-hydrogen) atoms. The van der Waals surface area contributed by atoms with Crippen LogP contribution in [0.25, 0.3) is 0 Å². The minimum atomic E-state index is 0.124. The molecule has 70 valence electrons. The van der Waals surface area contributed by atoms with Gasteiger partial charge in [-0.3, -0.25) is 9.69 Å². The van der Waals surface area contributed by atoms with E-state index in [0.29, 0.717) is 12.5 Å². The summed E-state index contributed by atoms with van der Waals surface area (Å²) in [7, 11) is 0. The van der Waals surface area contributed by atoms with Gasteiger partial charge < -0.3 is 4.74 Å². The third-order valence-corrected chi connectivity index (χ3v) is 2.39. The van der Waals surface area contributed by atoms with Gasteiger partial charge in [-0.2, -0.15) is 0 Å². The quantitative estimate of drug-likeness (QED) is 0.594. The van der Waals surface area contributed by atoms with E-state index in [0.717, 1.165) is 25.9 Å². The number of nitrogens with zero attached hydrogens (tertiary/aromatic N) is 1. The molecule has 0 aromatic carbocycles. The largest absolute Gasteiger partial charge is 0.463 e. The standard InChI is InChI=1S/C9H17NO2/c1-8(2)10-5-3-4-9(6-10)12-7-11/h7-9H,3-6H2,1-2H3/t9-/m0/s1. The van der Waals surface area contributed by atoms with Gasteiger partial charge in [0, 0.05) is 12.6 Å². The smallest absolute Gasteiger partial charge is 0.293 e. The molecular weight excluding hydrogens is 154 g/mol. The summed E-state index contributed by atoms with van der Waals surface area (Å²) in [4.78, 5) is 12.5. The summed E-state index contributed by atoms with van der Waals surface area (Å²) < 4.78 is 4.94. The third kappa shape index (κ3) is 2.48. The minimum absolute atomic E-state index is 0.124. The van der Waals surface area contributed by atoms with Crippen molar-refractivity contribution in [1.29, 1.82) is 0 Å². The second kappa shape index (κ2) is 4.45. The van der Waals surface area contributed by atoms with Crippen LogP contribution in [-0.4, -0.2) is 36.6 Å². The Bertz CT molecular complexity index is 147.